The number of carbonyl (C=O) groups excluding carboxylic acids is 3. The molecule has 2 N–H and O–H groups in total. The number of hydrogen-bond donors (Lipinski definition) is 2. The van der Waals surface area contributed by atoms with Crippen LogP contribution in [-0.2, 0) is 6.42 Å². The van der Waals surface area contributed by atoms with Gasteiger partial charge in [0.05, 0.1) is 11.1 Å². The summed E-state index contributed by atoms with van der Waals surface area (Å²) in [6.45, 7) is 0.599. The molecule has 6 nitrogen and oxygen atoms in total. The molecule has 2 aromatic rings. The normalized spacial score (nSPS) is 15.1. The Labute approximate surface area is 146 Å². The second kappa shape index (κ2) is 5.45. The van der Waals surface area contributed by atoms with E-state index in [1.807, 2.05) is 18.2 Å². The van der Waals surface area contributed by atoms with Crippen LogP contribution < -0.4 is 15.5 Å². The van der Waals surface area contributed by atoms with Gasteiger partial charge in [0.1, 0.15) is 0 Å². The summed E-state index contributed by atoms with van der Waals surface area (Å²) in [5.74, 6) is -0.852. The van der Waals surface area contributed by atoms with Gasteiger partial charge in [0.25, 0.3) is 11.8 Å². The van der Waals surface area contributed by atoms with Crippen molar-refractivity contribution >= 4 is 45.2 Å². The third-order valence-corrected chi connectivity index (χ3v) is 4.66. The van der Waals surface area contributed by atoms with Gasteiger partial charge in [-0.1, -0.05) is 15.9 Å². The van der Waals surface area contributed by atoms with Crippen LogP contribution in [0.4, 0.5) is 16.2 Å². The average Bonchev–Trinajstić information content (AvgIpc) is 3.08. The van der Waals surface area contributed by atoms with Crippen molar-refractivity contribution in [2.24, 2.45) is 0 Å². The standard InChI is InChI=1S/C17H12BrN3O3/c18-10-1-4-14-9(7-10)5-6-21(14)17(24)19-11-2-3-12-13(8-11)16(23)20-15(12)22/h1-4,7-8H,5-6H2,(H,19,24)(H,20,22,23). The smallest absolute Gasteiger partial charge is 0.308 e. The fraction of sp³-hybridized carbons (Fsp3) is 0.118. The van der Waals surface area contributed by atoms with Crippen molar-refractivity contribution in [1.29, 1.82) is 0 Å². The molecule has 2 heterocycles. The summed E-state index contributed by atoms with van der Waals surface area (Å²) in [6, 6.07) is 10.2. The van der Waals surface area contributed by atoms with E-state index in [0.717, 1.165) is 22.1 Å². The predicted molar refractivity (Wildman–Crippen MR) is 92.4 cm³/mol. The molecule has 2 aliphatic heterocycles. The lowest BCUT2D eigenvalue weighted by molar-refractivity contribution is 0.0879. The molecule has 0 aliphatic carbocycles. The highest BCUT2D eigenvalue weighted by Gasteiger charge is 2.28. The fourth-order valence-corrected chi connectivity index (χ4v) is 3.43. The molecule has 0 spiro atoms. The van der Waals surface area contributed by atoms with Crippen molar-refractivity contribution in [2.75, 3.05) is 16.8 Å². The maximum absolute atomic E-state index is 12.5. The number of fused-ring (bicyclic) bond motifs is 2. The summed E-state index contributed by atoms with van der Waals surface area (Å²) < 4.78 is 0.984. The maximum atomic E-state index is 12.5. The Balaban J connectivity index is 1.57. The van der Waals surface area contributed by atoms with Gasteiger partial charge in [-0.15, -0.1) is 0 Å². The van der Waals surface area contributed by atoms with Crippen LogP contribution in [0.5, 0.6) is 0 Å². The summed E-state index contributed by atoms with van der Waals surface area (Å²) >= 11 is 3.43. The van der Waals surface area contributed by atoms with E-state index in [1.54, 1.807) is 17.0 Å². The predicted octanol–water partition coefficient (Wildman–Crippen LogP) is 2.93. The lowest BCUT2D eigenvalue weighted by atomic mass is 10.1. The van der Waals surface area contributed by atoms with Gasteiger partial charge < -0.3 is 5.32 Å². The van der Waals surface area contributed by atoms with Gasteiger partial charge in [-0.05, 0) is 48.4 Å². The molecule has 2 aliphatic rings. The molecular weight excluding hydrogens is 374 g/mol. The minimum absolute atomic E-state index is 0.263. The molecule has 4 rings (SSSR count). The number of nitrogens with zero attached hydrogens (tertiary/aromatic N) is 1. The Hall–Kier alpha value is -2.67. The molecule has 0 unspecified atom stereocenters. The first kappa shape index (κ1) is 14.9. The molecule has 0 fully saturated rings. The van der Waals surface area contributed by atoms with Crippen molar-refractivity contribution in [2.45, 2.75) is 6.42 Å². The number of halogens is 1. The highest BCUT2D eigenvalue weighted by Crippen LogP contribution is 2.31. The number of urea groups is 1. The van der Waals surface area contributed by atoms with E-state index >= 15 is 0 Å². The second-order valence-corrected chi connectivity index (χ2v) is 6.56. The van der Waals surface area contributed by atoms with Crippen LogP contribution >= 0.6 is 15.9 Å². The van der Waals surface area contributed by atoms with E-state index in [1.165, 1.54) is 6.07 Å². The molecule has 2 aromatic carbocycles. The van der Waals surface area contributed by atoms with Crippen molar-refractivity contribution in [1.82, 2.24) is 5.32 Å². The first-order chi connectivity index (χ1) is 11.5. The Morgan fingerprint density at radius 1 is 1.08 bits per heavy atom. The first-order valence-electron chi connectivity index (χ1n) is 7.39. The Morgan fingerprint density at radius 2 is 1.88 bits per heavy atom. The van der Waals surface area contributed by atoms with Crippen LogP contribution in [0, 0.1) is 0 Å². The summed E-state index contributed by atoms with van der Waals surface area (Å²) in [4.78, 5) is 37.5. The number of carbonyl (C=O) groups is 3. The third-order valence-electron chi connectivity index (χ3n) is 4.17. The van der Waals surface area contributed by atoms with Gasteiger partial charge in [0.2, 0.25) is 0 Å². The van der Waals surface area contributed by atoms with E-state index < -0.39 is 11.8 Å². The summed E-state index contributed by atoms with van der Waals surface area (Å²) in [5, 5.41) is 5.02. The van der Waals surface area contributed by atoms with E-state index in [-0.39, 0.29) is 11.6 Å². The number of anilines is 2. The van der Waals surface area contributed by atoms with E-state index in [9.17, 15) is 14.4 Å². The topological polar surface area (TPSA) is 78.5 Å². The highest BCUT2D eigenvalue weighted by atomic mass is 79.9. The van der Waals surface area contributed by atoms with Crippen LogP contribution in [0.1, 0.15) is 26.3 Å². The Bertz CT molecular complexity index is 910. The van der Waals surface area contributed by atoms with Gasteiger partial charge >= 0.3 is 6.03 Å². The Kier molecular flexibility index (Phi) is 3.38. The van der Waals surface area contributed by atoms with Crippen LogP contribution in [0.25, 0.3) is 0 Å². The van der Waals surface area contributed by atoms with Crippen molar-refractivity contribution in [3.8, 4) is 0 Å². The number of imide groups is 1. The summed E-state index contributed by atoms with van der Waals surface area (Å²) in [7, 11) is 0. The lowest BCUT2D eigenvalue weighted by Gasteiger charge is -2.18. The molecule has 7 heteroatoms. The molecule has 0 aromatic heterocycles. The minimum atomic E-state index is -0.442. The van der Waals surface area contributed by atoms with Crippen LogP contribution in [-0.4, -0.2) is 24.4 Å². The SMILES string of the molecule is O=C1NC(=O)c2cc(NC(=O)N3CCc4cc(Br)ccc43)ccc21. The molecule has 0 radical (unpaired) electrons. The molecule has 0 saturated heterocycles. The number of amides is 4. The summed E-state index contributed by atoms with van der Waals surface area (Å²) in [6.07, 6.45) is 0.795. The molecule has 4 amide bonds. The van der Waals surface area contributed by atoms with Gasteiger partial charge in [-0.3, -0.25) is 19.8 Å². The van der Waals surface area contributed by atoms with Crippen molar-refractivity contribution in [3.05, 3.63) is 57.6 Å². The molecule has 24 heavy (non-hydrogen) atoms. The lowest BCUT2D eigenvalue weighted by Crippen LogP contribution is -2.33. The number of nitrogens with one attached hydrogen (secondary N) is 2. The molecule has 0 saturated carbocycles. The minimum Gasteiger partial charge on any atom is -0.308 e. The number of benzene rings is 2. The molecule has 0 atom stereocenters. The third kappa shape index (κ3) is 2.37. The fourth-order valence-electron chi connectivity index (χ4n) is 3.02. The zero-order valence-corrected chi connectivity index (χ0v) is 14.0. The van der Waals surface area contributed by atoms with E-state index in [2.05, 4.69) is 26.6 Å². The average molecular weight is 386 g/mol. The van der Waals surface area contributed by atoms with Crippen LogP contribution in [0.15, 0.2) is 40.9 Å². The molecular formula is C17H12BrN3O3. The zero-order chi connectivity index (χ0) is 16.8. The van der Waals surface area contributed by atoms with Crippen LogP contribution in [0.2, 0.25) is 0 Å². The van der Waals surface area contributed by atoms with Gasteiger partial charge in [-0.25, -0.2) is 4.79 Å². The zero-order valence-electron chi connectivity index (χ0n) is 12.4. The van der Waals surface area contributed by atoms with Crippen molar-refractivity contribution in [3.63, 3.8) is 0 Å². The van der Waals surface area contributed by atoms with Gasteiger partial charge in [0, 0.05) is 22.4 Å². The second-order valence-electron chi connectivity index (χ2n) is 5.65. The monoisotopic (exact) mass is 385 g/mol. The molecule has 0 bridgehead atoms. The van der Waals surface area contributed by atoms with Gasteiger partial charge in [0.15, 0.2) is 0 Å². The number of hydrogen-bond acceptors (Lipinski definition) is 3. The molecule has 120 valence electrons. The quantitative estimate of drug-likeness (QED) is 0.740. The van der Waals surface area contributed by atoms with E-state index in [0.29, 0.717) is 17.8 Å². The van der Waals surface area contributed by atoms with Crippen molar-refractivity contribution < 1.29 is 14.4 Å². The van der Waals surface area contributed by atoms with E-state index in [4.69, 9.17) is 0 Å². The largest absolute Gasteiger partial charge is 0.326 e. The Morgan fingerprint density at radius 3 is 2.71 bits per heavy atom. The highest BCUT2D eigenvalue weighted by molar-refractivity contribution is 9.10. The van der Waals surface area contributed by atoms with Gasteiger partial charge in [-0.2, -0.15) is 0 Å². The first-order valence-corrected chi connectivity index (χ1v) is 8.19. The van der Waals surface area contributed by atoms with Crippen LogP contribution in [0.3, 0.4) is 0 Å². The maximum Gasteiger partial charge on any atom is 0.326 e. The summed E-state index contributed by atoms with van der Waals surface area (Å²) in [5.41, 5.74) is 3.08. The number of rotatable bonds is 1.